The van der Waals surface area contributed by atoms with E-state index in [2.05, 4.69) is 4.98 Å². The molecule has 0 fully saturated rings. The van der Waals surface area contributed by atoms with Crippen LogP contribution in [0.4, 0.5) is 5.82 Å². The van der Waals surface area contributed by atoms with Crippen molar-refractivity contribution in [3.05, 3.63) is 22.8 Å². The number of hydrogen-bond acceptors (Lipinski definition) is 3. The van der Waals surface area contributed by atoms with Crippen LogP contribution in [0.5, 0.6) is 0 Å². The van der Waals surface area contributed by atoms with E-state index in [9.17, 15) is 4.79 Å². The number of aromatic nitrogens is 1. The van der Waals surface area contributed by atoms with Crippen molar-refractivity contribution in [2.75, 3.05) is 18.0 Å². The van der Waals surface area contributed by atoms with Gasteiger partial charge in [0.1, 0.15) is 5.82 Å². The summed E-state index contributed by atoms with van der Waals surface area (Å²) in [5.41, 5.74) is -0.0237. The quantitative estimate of drug-likeness (QED) is 0.859. The summed E-state index contributed by atoms with van der Waals surface area (Å²) in [6, 6.07) is 3.01. The van der Waals surface area contributed by atoms with Gasteiger partial charge in [-0.05, 0) is 26.0 Å². The summed E-state index contributed by atoms with van der Waals surface area (Å²) in [5, 5.41) is 9.21. The number of carbonyl (C=O) groups is 1. The average molecular weight is 229 g/mol. The van der Waals surface area contributed by atoms with Crippen LogP contribution in [0.25, 0.3) is 0 Å². The lowest BCUT2D eigenvalue weighted by Crippen LogP contribution is -2.23. The van der Waals surface area contributed by atoms with E-state index < -0.39 is 5.97 Å². The van der Waals surface area contributed by atoms with Crippen LogP contribution in [-0.4, -0.2) is 29.1 Å². The maximum Gasteiger partial charge on any atom is 0.354 e. The molecule has 0 amide bonds. The lowest BCUT2D eigenvalue weighted by Gasteiger charge is -2.20. The lowest BCUT2D eigenvalue weighted by molar-refractivity contribution is 0.0690. The maximum atomic E-state index is 10.8. The summed E-state index contributed by atoms with van der Waals surface area (Å²) in [7, 11) is 0. The van der Waals surface area contributed by atoms with Crippen molar-refractivity contribution in [3.63, 3.8) is 0 Å². The second-order valence-electron chi connectivity index (χ2n) is 3.01. The molecule has 0 spiro atoms. The predicted octanol–water partition coefficient (Wildman–Crippen LogP) is 2.28. The van der Waals surface area contributed by atoms with Gasteiger partial charge in [0, 0.05) is 18.1 Å². The number of anilines is 1. The molecular formula is C10H13ClN2O2. The average Bonchev–Trinajstić information content (AvgIpc) is 2.18. The fourth-order valence-electron chi connectivity index (χ4n) is 1.30. The molecule has 0 unspecified atom stereocenters. The van der Waals surface area contributed by atoms with Gasteiger partial charge in [0.15, 0.2) is 5.69 Å². The van der Waals surface area contributed by atoms with Gasteiger partial charge in [-0.15, -0.1) is 0 Å². The van der Waals surface area contributed by atoms with Crippen LogP contribution in [0.2, 0.25) is 5.02 Å². The fourth-order valence-corrected chi connectivity index (χ4v) is 1.50. The molecule has 0 saturated carbocycles. The predicted molar refractivity (Wildman–Crippen MR) is 59.8 cm³/mol. The van der Waals surface area contributed by atoms with Gasteiger partial charge in [-0.3, -0.25) is 0 Å². The first-order valence-electron chi connectivity index (χ1n) is 4.74. The molecule has 82 valence electrons. The van der Waals surface area contributed by atoms with Crippen molar-refractivity contribution < 1.29 is 9.90 Å². The number of carboxylic acids is 1. The van der Waals surface area contributed by atoms with E-state index in [1.165, 1.54) is 6.07 Å². The Kier molecular flexibility index (Phi) is 3.91. The third-order valence-corrected chi connectivity index (χ3v) is 2.30. The summed E-state index contributed by atoms with van der Waals surface area (Å²) < 4.78 is 0. The summed E-state index contributed by atoms with van der Waals surface area (Å²) in [5.74, 6) is -0.462. The number of halogens is 1. The Hall–Kier alpha value is -1.29. The van der Waals surface area contributed by atoms with Gasteiger partial charge in [0.25, 0.3) is 0 Å². The standard InChI is InChI=1S/C10H13ClN2O2/c1-3-13(4-2)9-6-7(11)5-8(12-9)10(14)15/h5-6H,3-4H2,1-2H3,(H,14,15). The van der Waals surface area contributed by atoms with Crippen LogP contribution >= 0.6 is 11.6 Å². The number of carboxylic acid groups (broad SMARTS) is 1. The summed E-state index contributed by atoms with van der Waals surface area (Å²) >= 11 is 5.82. The Bertz CT molecular complexity index is 364. The first-order chi connectivity index (χ1) is 7.08. The van der Waals surface area contributed by atoms with Crippen LogP contribution < -0.4 is 4.90 Å². The van der Waals surface area contributed by atoms with E-state index >= 15 is 0 Å². The highest BCUT2D eigenvalue weighted by Crippen LogP contribution is 2.18. The van der Waals surface area contributed by atoms with Crippen LogP contribution in [0.15, 0.2) is 12.1 Å². The number of nitrogens with zero attached hydrogens (tertiary/aromatic N) is 2. The Labute approximate surface area is 93.5 Å². The molecule has 5 heteroatoms. The zero-order chi connectivity index (χ0) is 11.4. The zero-order valence-corrected chi connectivity index (χ0v) is 9.45. The van der Waals surface area contributed by atoms with Gasteiger partial charge in [0.05, 0.1) is 0 Å². The van der Waals surface area contributed by atoms with Crippen molar-refractivity contribution in [1.29, 1.82) is 0 Å². The van der Waals surface area contributed by atoms with E-state index in [0.717, 1.165) is 13.1 Å². The zero-order valence-electron chi connectivity index (χ0n) is 8.70. The first-order valence-corrected chi connectivity index (χ1v) is 5.12. The van der Waals surface area contributed by atoms with Gasteiger partial charge < -0.3 is 10.0 Å². The van der Waals surface area contributed by atoms with Gasteiger partial charge in [-0.25, -0.2) is 9.78 Å². The first kappa shape index (κ1) is 11.8. The Morgan fingerprint density at radius 2 is 2.07 bits per heavy atom. The number of rotatable bonds is 4. The molecule has 1 rings (SSSR count). The van der Waals surface area contributed by atoms with E-state index in [0.29, 0.717) is 10.8 Å². The lowest BCUT2D eigenvalue weighted by atomic mass is 10.3. The van der Waals surface area contributed by atoms with Crippen molar-refractivity contribution in [1.82, 2.24) is 4.98 Å². The highest BCUT2D eigenvalue weighted by Gasteiger charge is 2.11. The summed E-state index contributed by atoms with van der Waals surface area (Å²) in [6.07, 6.45) is 0. The molecule has 1 N–H and O–H groups in total. The van der Waals surface area contributed by atoms with Crippen molar-refractivity contribution in [3.8, 4) is 0 Å². The Balaban J connectivity index is 3.13. The van der Waals surface area contributed by atoms with E-state index in [1.54, 1.807) is 6.07 Å². The van der Waals surface area contributed by atoms with Crippen molar-refractivity contribution >= 4 is 23.4 Å². The highest BCUT2D eigenvalue weighted by molar-refractivity contribution is 6.31. The number of pyridine rings is 1. The largest absolute Gasteiger partial charge is 0.477 e. The maximum absolute atomic E-state index is 10.8. The smallest absolute Gasteiger partial charge is 0.354 e. The van der Waals surface area contributed by atoms with Crippen LogP contribution in [0, 0.1) is 0 Å². The SMILES string of the molecule is CCN(CC)c1cc(Cl)cc(C(=O)O)n1. The van der Waals surface area contributed by atoms with E-state index in [4.69, 9.17) is 16.7 Å². The van der Waals surface area contributed by atoms with Gasteiger partial charge in [-0.2, -0.15) is 0 Å². The third-order valence-electron chi connectivity index (χ3n) is 2.08. The minimum atomic E-state index is -1.06. The van der Waals surface area contributed by atoms with Crippen molar-refractivity contribution in [2.24, 2.45) is 0 Å². The fraction of sp³-hybridized carbons (Fsp3) is 0.400. The molecule has 0 atom stereocenters. The molecule has 0 aliphatic rings. The second kappa shape index (κ2) is 4.98. The third kappa shape index (κ3) is 2.83. The molecule has 0 aliphatic carbocycles. The van der Waals surface area contributed by atoms with Crippen LogP contribution in [0.1, 0.15) is 24.3 Å². The van der Waals surface area contributed by atoms with Gasteiger partial charge in [-0.1, -0.05) is 11.6 Å². The number of aromatic carboxylic acids is 1. The van der Waals surface area contributed by atoms with E-state index in [1.807, 2.05) is 18.7 Å². The monoisotopic (exact) mass is 228 g/mol. The molecule has 0 bridgehead atoms. The van der Waals surface area contributed by atoms with Gasteiger partial charge in [0.2, 0.25) is 0 Å². The molecule has 1 aromatic rings. The summed E-state index contributed by atoms with van der Waals surface area (Å²) in [4.78, 5) is 16.7. The normalized spacial score (nSPS) is 10.1. The van der Waals surface area contributed by atoms with Crippen LogP contribution in [-0.2, 0) is 0 Å². The highest BCUT2D eigenvalue weighted by atomic mass is 35.5. The molecule has 0 radical (unpaired) electrons. The minimum absolute atomic E-state index is 0.0237. The van der Waals surface area contributed by atoms with Crippen molar-refractivity contribution in [2.45, 2.75) is 13.8 Å². The Morgan fingerprint density at radius 3 is 2.53 bits per heavy atom. The molecule has 0 saturated heterocycles. The molecule has 4 nitrogen and oxygen atoms in total. The van der Waals surface area contributed by atoms with Crippen LogP contribution in [0.3, 0.4) is 0 Å². The molecule has 1 heterocycles. The molecular weight excluding hydrogens is 216 g/mol. The molecule has 0 aromatic carbocycles. The Morgan fingerprint density at radius 1 is 1.47 bits per heavy atom. The second-order valence-corrected chi connectivity index (χ2v) is 3.44. The molecule has 0 aliphatic heterocycles. The minimum Gasteiger partial charge on any atom is -0.477 e. The number of hydrogen-bond donors (Lipinski definition) is 1. The molecule has 15 heavy (non-hydrogen) atoms. The topological polar surface area (TPSA) is 53.4 Å². The van der Waals surface area contributed by atoms with E-state index in [-0.39, 0.29) is 5.69 Å². The van der Waals surface area contributed by atoms with Gasteiger partial charge >= 0.3 is 5.97 Å². The molecule has 1 aromatic heterocycles. The summed E-state index contributed by atoms with van der Waals surface area (Å²) in [6.45, 7) is 5.49.